The van der Waals surface area contributed by atoms with E-state index < -0.39 is 5.97 Å². The van der Waals surface area contributed by atoms with Crippen molar-refractivity contribution in [1.29, 1.82) is 0 Å². The van der Waals surface area contributed by atoms with Crippen LogP contribution in [0.1, 0.15) is 33.0 Å². The fraction of sp³-hybridized carbons (Fsp3) is 0.154. The average Bonchev–Trinajstić information content (AvgIpc) is 2.78. The van der Waals surface area contributed by atoms with E-state index in [9.17, 15) is 4.79 Å². The van der Waals surface area contributed by atoms with Crippen LogP contribution in [0.3, 0.4) is 0 Å². The Morgan fingerprint density at radius 1 is 1.19 bits per heavy atom. The Labute approximate surface area is 98.2 Å². The van der Waals surface area contributed by atoms with Crippen LogP contribution in [-0.4, -0.2) is 11.1 Å². The number of hydrogen-bond acceptors (Lipinski definition) is 2. The van der Waals surface area contributed by atoms with E-state index in [1.54, 1.807) is 6.07 Å². The van der Waals surface area contributed by atoms with Gasteiger partial charge in [-0.25, -0.2) is 4.79 Å². The summed E-state index contributed by atoms with van der Waals surface area (Å²) in [6, 6.07) is 13.7. The summed E-state index contributed by atoms with van der Waals surface area (Å²) in [5.74, 6) is -0.601. The van der Waals surface area contributed by atoms with E-state index in [1.165, 1.54) is 16.9 Å². The van der Waals surface area contributed by atoms with Crippen molar-refractivity contribution in [3.8, 4) is 0 Å². The van der Waals surface area contributed by atoms with Gasteiger partial charge >= 0.3 is 5.97 Å². The molecule has 0 amide bonds. The van der Waals surface area contributed by atoms with Gasteiger partial charge in [-0.1, -0.05) is 37.3 Å². The molecule has 0 saturated carbocycles. The molecule has 2 rings (SSSR count). The lowest BCUT2D eigenvalue weighted by molar-refractivity contribution is 0.0702. The smallest absolute Gasteiger partial charge is 0.345 e. The van der Waals surface area contributed by atoms with E-state index in [0.29, 0.717) is 4.88 Å². The molecule has 16 heavy (non-hydrogen) atoms. The first kappa shape index (κ1) is 10.9. The minimum atomic E-state index is -0.850. The first-order chi connectivity index (χ1) is 7.68. The fourth-order valence-corrected chi connectivity index (χ4v) is 2.53. The number of carboxylic acid groups (broad SMARTS) is 1. The maximum absolute atomic E-state index is 10.8. The minimum Gasteiger partial charge on any atom is -0.477 e. The van der Waals surface area contributed by atoms with Crippen molar-refractivity contribution in [2.24, 2.45) is 0 Å². The molecule has 1 aromatic carbocycles. The van der Waals surface area contributed by atoms with Crippen molar-refractivity contribution in [2.75, 3.05) is 0 Å². The van der Waals surface area contributed by atoms with E-state index in [4.69, 9.17) is 5.11 Å². The summed E-state index contributed by atoms with van der Waals surface area (Å²) in [7, 11) is 0. The second kappa shape index (κ2) is 4.49. The summed E-state index contributed by atoms with van der Waals surface area (Å²) in [5.41, 5.74) is 1.21. The molecule has 1 aromatic heterocycles. The molecular weight excluding hydrogens is 220 g/mol. The van der Waals surface area contributed by atoms with E-state index in [0.717, 1.165) is 4.88 Å². The van der Waals surface area contributed by atoms with Gasteiger partial charge in [0.25, 0.3) is 0 Å². The lowest BCUT2D eigenvalue weighted by atomic mass is 10.00. The highest BCUT2D eigenvalue weighted by atomic mass is 32.1. The van der Waals surface area contributed by atoms with Crippen LogP contribution in [-0.2, 0) is 0 Å². The number of hydrogen-bond donors (Lipinski definition) is 1. The van der Waals surface area contributed by atoms with Gasteiger partial charge in [-0.3, -0.25) is 0 Å². The molecular formula is C13H12O2S. The molecule has 2 aromatic rings. The monoisotopic (exact) mass is 232 g/mol. The Morgan fingerprint density at radius 3 is 2.44 bits per heavy atom. The van der Waals surface area contributed by atoms with E-state index in [-0.39, 0.29) is 5.92 Å². The molecule has 0 aliphatic rings. The van der Waals surface area contributed by atoms with Crippen LogP contribution in [0.4, 0.5) is 0 Å². The van der Waals surface area contributed by atoms with Gasteiger partial charge in [-0.15, -0.1) is 11.3 Å². The second-order valence-corrected chi connectivity index (χ2v) is 4.75. The predicted octanol–water partition coefficient (Wildman–Crippen LogP) is 3.60. The van der Waals surface area contributed by atoms with Crippen LogP contribution in [0.25, 0.3) is 0 Å². The molecule has 82 valence electrons. The molecule has 1 N–H and O–H groups in total. The van der Waals surface area contributed by atoms with Crippen LogP contribution < -0.4 is 0 Å². The molecule has 0 bridgehead atoms. The molecule has 2 nitrogen and oxygen atoms in total. The Morgan fingerprint density at radius 2 is 1.88 bits per heavy atom. The quantitative estimate of drug-likeness (QED) is 0.878. The minimum absolute atomic E-state index is 0.249. The standard InChI is InChI=1S/C13H12O2S/c1-9(10-5-3-2-4-6-10)11-7-8-12(16-11)13(14)15/h2-9H,1H3,(H,14,15). The fourth-order valence-electron chi connectivity index (χ4n) is 1.61. The zero-order chi connectivity index (χ0) is 11.5. The lowest BCUT2D eigenvalue weighted by Gasteiger charge is -2.08. The highest BCUT2D eigenvalue weighted by molar-refractivity contribution is 7.14. The maximum atomic E-state index is 10.8. The molecule has 0 aliphatic heterocycles. The number of thiophene rings is 1. The zero-order valence-electron chi connectivity index (χ0n) is 8.88. The number of carboxylic acids is 1. The third-order valence-electron chi connectivity index (χ3n) is 2.56. The van der Waals surface area contributed by atoms with Gasteiger partial charge in [0.2, 0.25) is 0 Å². The van der Waals surface area contributed by atoms with Gasteiger partial charge in [0.1, 0.15) is 4.88 Å². The van der Waals surface area contributed by atoms with E-state index in [2.05, 4.69) is 19.1 Å². The van der Waals surface area contributed by atoms with Gasteiger partial charge in [0.05, 0.1) is 0 Å². The van der Waals surface area contributed by atoms with Crippen LogP contribution in [0.15, 0.2) is 42.5 Å². The van der Waals surface area contributed by atoms with Crippen molar-refractivity contribution < 1.29 is 9.90 Å². The van der Waals surface area contributed by atoms with Gasteiger partial charge < -0.3 is 5.11 Å². The Kier molecular flexibility index (Phi) is 3.06. The van der Waals surface area contributed by atoms with Crippen LogP contribution in [0.5, 0.6) is 0 Å². The van der Waals surface area contributed by atoms with E-state index in [1.807, 2.05) is 24.3 Å². The van der Waals surface area contributed by atoms with Crippen molar-refractivity contribution in [1.82, 2.24) is 0 Å². The summed E-state index contributed by atoms with van der Waals surface area (Å²) in [6.07, 6.45) is 0. The van der Waals surface area contributed by atoms with Gasteiger partial charge in [0, 0.05) is 10.8 Å². The van der Waals surface area contributed by atoms with Crippen molar-refractivity contribution >= 4 is 17.3 Å². The van der Waals surface area contributed by atoms with Crippen LogP contribution in [0.2, 0.25) is 0 Å². The second-order valence-electron chi connectivity index (χ2n) is 3.64. The molecule has 0 spiro atoms. The lowest BCUT2D eigenvalue weighted by Crippen LogP contribution is -1.92. The highest BCUT2D eigenvalue weighted by Crippen LogP contribution is 2.29. The molecule has 0 radical (unpaired) electrons. The summed E-state index contributed by atoms with van der Waals surface area (Å²) in [4.78, 5) is 12.3. The normalized spacial score (nSPS) is 12.3. The predicted molar refractivity (Wildman–Crippen MR) is 65.2 cm³/mol. The molecule has 1 atom stereocenters. The Balaban J connectivity index is 2.27. The zero-order valence-corrected chi connectivity index (χ0v) is 9.70. The topological polar surface area (TPSA) is 37.3 Å². The summed E-state index contributed by atoms with van der Waals surface area (Å²) in [6.45, 7) is 2.09. The third kappa shape index (κ3) is 2.14. The first-order valence-electron chi connectivity index (χ1n) is 5.06. The SMILES string of the molecule is CC(c1ccccc1)c1ccc(C(=O)O)s1. The van der Waals surface area contributed by atoms with Gasteiger partial charge in [-0.2, -0.15) is 0 Å². The number of carbonyl (C=O) groups is 1. The molecule has 0 aliphatic carbocycles. The van der Waals surface area contributed by atoms with Gasteiger partial charge in [-0.05, 0) is 17.7 Å². The van der Waals surface area contributed by atoms with E-state index >= 15 is 0 Å². The molecule has 0 saturated heterocycles. The summed E-state index contributed by atoms with van der Waals surface area (Å²) < 4.78 is 0. The average molecular weight is 232 g/mol. The molecule has 3 heteroatoms. The van der Waals surface area contributed by atoms with Crippen molar-refractivity contribution in [3.05, 3.63) is 57.8 Å². The van der Waals surface area contributed by atoms with Crippen molar-refractivity contribution in [3.63, 3.8) is 0 Å². The molecule has 1 unspecified atom stereocenters. The number of benzene rings is 1. The molecule has 1 heterocycles. The first-order valence-corrected chi connectivity index (χ1v) is 5.88. The maximum Gasteiger partial charge on any atom is 0.345 e. The largest absolute Gasteiger partial charge is 0.477 e. The summed E-state index contributed by atoms with van der Waals surface area (Å²) in [5, 5.41) is 8.86. The van der Waals surface area contributed by atoms with Gasteiger partial charge in [0.15, 0.2) is 0 Å². The third-order valence-corrected chi connectivity index (χ3v) is 3.82. The number of rotatable bonds is 3. The van der Waals surface area contributed by atoms with Crippen molar-refractivity contribution in [2.45, 2.75) is 12.8 Å². The number of aromatic carboxylic acids is 1. The van der Waals surface area contributed by atoms with Crippen LogP contribution in [0, 0.1) is 0 Å². The Hall–Kier alpha value is -1.61. The van der Waals surface area contributed by atoms with Crippen LogP contribution >= 0.6 is 11.3 Å². The molecule has 0 fully saturated rings. The summed E-state index contributed by atoms with van der Waals surface area (Å²) >= 11 is 1.34. The Bertz CT molecular complexity index is 488. The highest BCUT2D eigenvalue weighted by Gasteiger charge is 2.13.